The lowest BCUT2D eigenvalue weighted by molar-refractivity contribution is -0.131. The van der Waals surface area contributed by atoms with Gasteiger partial charge >= 0.3 is 5.97 Å². The molecule has 5 nitrogen and oxygen atoms in total. The van der Waals surface area contributed by atoms with E-state index in [2.05, 4.69) is 0 Å². The van der Waals surface area contributed by atoms with Gasteiger partial charge in [0.05, 0.1) is 11.0 Å². The number of rotatable bonds is 4. The number of likely N-dealkylation sites (tertiary alicyclic amines) is 1. The summed E-state index contributed by atoms with van der Waals surface area (Å²) in [7, 11) is 1.70. The summed E-state index contributed by atoms with van der Waals surface area (Å²) in [5.74, 6) is -0.968. The highest BCUT2D eigenvalue weighted by atomic mass is 32.1. The molecule has 0 spiro atoms. The van der Waals surface area contributed by atoms with Crippen LogP contribution in [0.2, 0.25) is 0 Å². The summed E-state index contributed by atoms with van der Waals surface area (Å²) in [6.07, 6.45) is 4.60. The highest BCUT2D eigenvalue weighted by Crippen LogP contribution is 2.26. The van der Waals surface area contributed by atoms with E-state index in [1.165, 1.54) is 17.4 Å². The molecule has 2 rings (SSSR count). The number of methoxy groups -OCH3 is 1. The lowest BCUT2D eigenvalue weighted by Gasteiger charge is -2.30. The molecule has 1 amide bonds. The summed E-state index contributed by atoms with van der Waals surface area (Å²) in [5, 5.41) is 8.66. The summed E-state index contributed by atoms with van der Waals surface area (Å²) >= 11 is 1.34. The molecule has 0 aliphatic carbocycles. The third-order valence-corrected chi connectivity index (χ3v) is 4.80. The van der Waals surface area contributed by atoms with Crippen molar-refractivity contribution in [2.24, 2.45) is 0 Å². The largest absolute Gasteiger partial charge is 0.478 e. The molecule has 2 heterocycles. The zero-order valence-electron chi connectivity index (χ0n) is 12.2. The monoisotopic (exact) mass is 309 g/mol. The van der Waals surface area contributed by atoms with E-state index in [1.54, 1.807) is 7.11 Å². The molecule has 0 aromatic carbocycles. The molecule has 0 bridgehead atoms. The Morgan fingerprint density at radius 3 is 2.67 bits per heavy atom. The van der Waals surface area contributed by atoms with Crippen molar-refractivity contribution in [2.45, 2.75) is 25.9 Å². The lowest BCUT2D eigenvalue weighted by atomic mass is 10.1. The highest BCUT2D eigenvalue weighted by molar-refractivity contribution is 7.15. The zero-order chi connectivity index (χ0) is 15.4. The Labute approximate surface area is 127 Å². The number of piperidine rings is 1. The maximum atomic E-state index is 12.5. The average molecular weight is 309 g/mol. The Hall–Kier alpha value is -1.66. The van der Waals surface area contributed by atoms with Crippen molar-refractivity contribution >= 4 is 29.3 Å². The lowest BCUT2D eigenvalue weighted by Crippen LogP contribution is -2.40. The van der Waals surface area contributed by atoms with Gasteiger partial charge in [0.25, 0.3) is 5.91 Å². The topological polar surface area (TPSA) is 66.8 Å². The zero-order valence-corrected chi connectivity index (χ0v) is 13.0. The quantitative estimate of drug-likeness (QED) is 0.867. The molecular formula is C15H19NO4S. The number of thiophene rings is 1. The minimum atomic E-state index is -0.989. The number of nitrogens with zero attached hydrogens (tertiary/aromatic N) is 1. The van der Waals surface area contributed by atoms with Gasteiger partial charge in [-0.05, 0) is 37.5 Å². The Balaban J connectivity index is 2.06. The molecule has 114 valence electrons. The number of carbonyl (C=O) groups excluding carboxylic acids is 1. The van der Waals surface area contributed by atoms with E-state index >= 15 is 0 Å². The minimum absolute atomic E-state index is 0.0210. The Morgan fingerprint density at radius 1 is 1.43 bits per heavy atom. The van der Waals surface area contributed by atoms with Gasteiger partial charge in [-0.1, -0.05) is 0 Å². The maximum Gasteiger partial charge on any atom is 0.328 e. The van der Waals surface area contributed by atoms with E-state index in [9.17, 15) is 9.59 Å². The van der Waals surface area contributed by atoms with Gasteiger partial charge < -0.3 is 14.7 Å². The summed E-state index contributed by atoms with van der Waals surface area (Å²) in [6.45, 7) is 3.29. The Bertz CT molecular complexity index is 556. The Morgan fingerprint density at radius 2 is 2.10 bits per heavy atom. The molecule has 0 unspecified atom stereocenters. The average Bonchev–Trinajstić information content (AvgIpc) is 2.85. The molecule has 1 saturated heterocycles. The SMILES string of the molecule is COC1CCN(C(=O)c2cc(C)c(/C=C/C(=O)O)s2)CC1. The summed E-state index contributed by atoms with van der Waals surface area (Å²) < 4.78 is 5.30. The van der Waals surface area contributed by atoms with E-state index in [-0.39, 0.29) is 12.0 Å². The second kappa shape index (κ2) is 6.87. The normalized spacial score (nSPS) is 16.6. The van der Waals surface area contributed by atoms with Crippen molar-refractivity contribution < 1.29 is 19.4 Å². The van der Waals surface area contributed by atoms with Crippen molar-refractivity contribution in [3.63, 3.8) is 0 Å². The smallest absolute Gasteiger partial charge is 0.328 e. The van der Waals surface area contributed by atoms with Crippen molar-refractivity contribution in [3.05, 3.63) is 27.5 Å². The molecule has 1 fully saturated rings. The molecular weight excluding hydrogens is 290 g/mol. The fraction of sp³-hybridized carbons (Fsp3) is 0.467. The second-order valence-corrected chi connectivity index (χ2v) is 6.14. The van der Waals surface area contributed by atoms with Crippen LogP contribution in [0.3, 0.4) is 0 Å². The van der Waals surface area contributed by atoms with Crippen molar-refractivity contribution in [3.8, 4) is 0 Å². The van der Waals surface area contributed by atoms with Crippen molar-refractivity contribution in [2.75, 3.05) is 20.2 Å². The Kier molecular flexibility index (Phi) is 5.14. The molecule has 6 heteroatoms. The van der Waals surface area contributed by atoms with Crippen LogP contribution in [0.5, 0.6) is 0 Å². The van der Waals surface area contributed by atoms with Crippen LogP contribution in [0.25, 0.3) is 6.08 Å². The molecule has 21 heavy (non-hydrogen) atoms. The first kappa shape index (κ1) is 15.7. The van der Waals surface area contributed by atoms with E-state index in [0.717, 1.165) is 29.4 Å². The van der Waals surface area contributed by atoms with Gasteiger partial charge in [0.1, 0.15) is 0 Å². The fourth-order valence-corrected chi connectivity index (χ4v) is 3.41. The molecule has 0 saturated carbocycles. The number of carbonyl (C=O) groups is 2. The van der Waals surface area contributed by atoms with E-state index < -0.39 is 5.97 Å². The molecule has 0 radical (unpaired) electrons. The van der Waals surface area contributed by atoms with Crippen LogP contribution in [-0.4, -0.2) is 48.2 Å². The van der Waals surface area contributed by atoms with Gasteiger partial charge in [0.15, 0.2) is 0 Å². The van der Waals surface area contributed by atoms with Crippen LogP contribution in [0, 0.1) is 6.92 Å². The first-order chi connectivity index (χ1) is 10.0. The van der Waals surface area contributed by atoms with Gasteiger partial charge in [-0.2, -0.15) is 0 Å². The predicted octanol–water partition coefficient (Wildman–Crippen LogP) is 2.41. The first-order valence-corrected chi connectivity index (χ1v) is 7.66. The van der Waals surface area contributed by atoms with Crippen LogP contribution >= 0.6 is 11.3 Å². The molecule has 1 aliphatic rings. The van der Waals surface area contributed by atoms with Gasteiger partial charge in [0, 0.05) is 31.2 Å². The third kappa shape index (κ3) is 3.92. The number of hydrogen-bond acceptors (Lipinski definition) is 4. The minimum Gasteiger partial charge on any atom is -0.478 e. The molecule has 1 aliphatic heterocycles. The van der Waals surface area contributed by atoms with Crippen LogP contribution in [0.4, 0.5) is 0 Å². The first-order valence-electron chi connectivity index (χ1n) is 6.84. The standard InChI is InChI=1S/C15H19NO4S/c1-10-9-13(21-12(10)3-4-14(17)18)15(19)16-7-5-11(20-2)6-8-16/h3-4,9,11H,5-8H2,1-2H3,(H,17,18)/b4-3+. The highest BCUT2D eigenvalue weighted by Gasteiger charge is 2.24. The van der Waals surface area contributed by atoms with E-state index in [0.29, 0.717) is 18.0 Å². The van der Waals surface area contributed by atoms with E-state index in [1.807, 2.05) is 17.9 Å². The number of aliphatic carboxylic acids is 1. The number of carboxylic acids is 1. The predicted molar refractivity (Wildman–Crippen MR) is 81.7 cm³/mol. The van der Waals surface area contributed by atoms with Gasteiger partial charge in [0.2, 0.25) is 0 Å². The number of ether oxygens (including phenoxy) is 1. The molecule has 1 aromatic heterocycles. The van der Waals surface area contributed by atoms with Crippen LogP contribution in [0.1, 0.15) is 33.0 Å². The molecule has 1 aromatic rings. The summed E-state index contributed by atoms with van der Waals surface area (Å²) in [6, 6.07) is 1.83. The second-order valence-electron chi connectivity index (χ2n) is 5.06. The number of carboxylic acid groups (broad SMARTS) is 1. The summed E-state index contributed by atoms with van der Waals surface area (Å²) in [5.41, 5.74) is 0.924. The van der Waals surface area contributed by atoms with Crippen LogP contribution in [0.15, 0.2) is 12.1 Å². The van der Waals surface area contributed by atoms with Gasteiger partial charge in [-0.15, -0.1) is 11.3 Å². The van der Waals surface area contributed by atoms with Gasteiger partial charge in [-0.25, -0.2) is 4.79 Å². The fourth-order valence-electron chi connectivity index (χ4n) is 2.36. The van der Waals surface area contributed by atoms with E-state index in [4.69, 9.17) is 9.84 Å². The van der Waals surface area contributed by atoms with Crippen LogP contribution < -0.4 is 0 Å². The van der Waals surface area contributed by atoms with Crippen molar-refractivity contribution in [1.82, 2.24) is 4.90 Å². The molecule has 0 atom stereocenters. The third-order valence-electron chi connectivity index (χ3n) is 3.61. The number of aryl methyl sites for hydroxylation is 1. The maximum absolute atomic E-state index is 12.5. The van der Waals surface area contributed by atoms with Crippen molar-refractivity contribution in [1.29, 1.82) is 0 Å². The summed E-state index contributed by atoms with van der Waals surface area (Å²) in [4.78, 5) is 26.3. The molecule has 1 N–H and O–H groups in total. The van der Waals surface area contributed by atoms with Gasteiger partial charge in [-0.3, -0.25) is 4.79 Å². The number of amides is 1. The van der Waals surface area contributed by atoms with Crippen LogP contribution in [-0.2, 0) is 9.53 Å². The number of hydrogen-bond donors (Lipinski definition) is 1.